The van der Waals surface area contributed by atoms with E-state index in [4.69, 9.17) is 5.73 Å². The van der Waals surface area contributed by atoms with Crippen LogP contribution in [0.3, 0.4) is 0 Å². The van der Waals surface area contributed by atoms with Crippen LogP contribution in [-0.2, 0) is 0 Å². The Morgan fingerprint density at radius 1 is 1.33 bits per heavy atom. The largest absolute Gasteiger partial charge is 0.318 e. The maximum Gasteiger partial charge on any atom is 0.0820 e. The number of pyridine rings is 1. The molecule has 0 aliphatic carbocycles. The minimum Gasteiger partial charge on any atom is -0.318 e. The minimum atomic E-state index is -0.114. The average molecular weight is 283 g/mol. The molecule has 0 radical (unpaired) electrons. The molecular weight excluding hydrogens is 272 g/mol. The lowest BCUT2D eigenvalue weighted by Crippen LogP contribution is -2.11. The summed E-state index contributed by atoms with van der Waals surface area (Å²) in [5.74, 6) is 0. The van der Waals surface area contributed by atoms with Gasteiger partial charge in [-0.3, -0.25) is 4.98 Å². The average Bonchev–Trinajstić information content (AvgIpc) is 2.65. The molecule has 15 heavy (non-hydrogen) atoms. The van der Waals surface area contributed by atoms with E-state index in [0.717, 1.165) is 15.0 Å². The first-order valence-corrected chi connectivity index (χ1v) is 6.21. The first kappa shape index (κ1) is 10.8. The summed E-state index contributed by atoms with van der Waals surface area (Å²) in [5.41, 5.74) is 7.02. The molecule has 2 aromatic rings. The number of thiophene rings is 1. The SMILES string of the molecule is Cc1ccc(C(N)c2ccc(Br)cn2)s1. The molecule has 0 aromatic carbocycles. The van der Waals surface area contributed by atoms with E-state index in [-0.39, 0.29) is 6.04 Å². The molecule has 2 N–H and O–H groups in total. The zero-order chi connectivity index (χ0) is 10.8. The highest BCUT2D eigenvalue weighted by atomic mass is 79.9. The molecule has 0 aliphatic rings. The van der Waals surface area contributed by atoms with Crippen LogP contribution in [0.1, 0.15) is 21.5 Å². The van der Waals surface area contributed by atoms with Crippen molar-refractivity contribution in [2.75, 3.05) is 0 Å². The number of nitrogens with two attached hydrogens (primary N) is 1. The molecule has 4 heteroatoms. The van der Waals surface area contributed by atoms with E-state index in [1.165, 1.54) is 4.88 Å². The van der Waals surface area contributed by atoms with Crippen LogP contribution in [0.5, 0.6) is 0 Å². The summed E-state index contributed by atoms with van der Waals surface area (Å²) in [6.07, 6.45) is 1.77. The second kappa shape index (κ2) is 4.43. The summed E-state index contributed by atoms with van der Waals surface area (Å²) in [6.45, 7) is 2.08. The second-order valence-corrected chi connectivity index (χ2v) is 5.56. The molecule has 0 saturated carbocycles. The smallest absolute Gasteiger partial charge is 0.0820 e. The lowest BCUT2D eigenvalue weighted by Gasteiger charge is -2.08. The Kier molecular flexibility index (Phi) is 3.19. The standard InChI is InChI=1S/C11H11BrN2S/c1-7-2-5-10(15-7)11(13)9-4-3-8(12)6-14-9/h2-6,11H,13H2,1H3. The van der Waals surface area contributed by atoms with E-state index >= 15 is 0 Å². The van der Waals surface area contributed by atoms with E-state index in [0.29, 0.717) is 0 Å². The second-order valence-electron chi connectivity index (χ2n) is 3.33. The molecule has 0 aliphatic heterocycles. The lowest BCUT2D eigenvalue weighted by atomic mass is 10.1. The maximum atomic E-state index is 6.11. The Morgan fingerprint density at radius 2 is 2.13 bits per heavy atom. The number of hydrogen-bond donors (Lipinski definition) is 1. The van der Waals surface area contributed by atoms with Gasteiger partial charge in [-0.15, -0.1) is 11.3 Å². The summed E-state index contributed by atoms with van der Waals surface area (Å²) in [4.78, 5) is 6.73. The first-order chi connectivity index (χ1) is 7.16. The zero-order valence-electron chi connectivity index (χ0n) is 8.27. The highest BCUT2D eigenvalue weighted by molar-refractivity contribution is 9.10. The van der Waals surface area contributed by atoms with Gasteiger partial charge in [0.1, 0.15) is 0 Å². The summed E-state index contributed by atoms with van der Waals surface area (Å²) < 4.78 is 0.973. The summed E-state index contributed by atoms with van der Waals surface area (Å²) >= 11 is 5.07. The van der Waals surface area contributed by atoms with E-state index < -0.39 is 0 Å². The molecule has 0 fully saturated rings. The molecule has 0 bridgehead atoms. The molecule has 1 atom stereocenters. The van der Waals surface area contributed by atoms with Crippen molar-refractivity contribution in [3.8, 4) is 0 Å². The van der Waals surface area contributed by atoms with Gasteiger partial charge in [0.15, 0.2) is 0 Å². The molecular formula is C11H11BrN2S. The Balaban J connectivity index is 2.28. The zero-order valence-corrected chi connectivity index (χ0v) is 10.7. The third kappa shape index (κ3) is 2.45. The Morgan fingerprint density at radius 3 is 2.67 bits per heavy atom. The number of aryl methyl sites for hydroxylation is 1. The van der Waals surface area contributed by atoms with Gasteiger partial charge in [-0.25, -0.2) is 0 Å². The molecule has 0 amide bonds. The Bertz CT molecular complexity index is 450. The molecule has 2 nitrogen and oxygen atoms in total. The number of nitrogens with zero attached hydrogens (tertiary/aromatic N) is 1. The predicted molar refractivity (Wildman–Crippen MR) is 67.0 cm³/mol. The van der Waals surface area contributed by atoms with Gasteiger partial charge in [-0.1, -0.05) is 0 Å². The third-order valence-corrected chi connectivity index (χ3v) is 3.69. The van der Waals surface area contributed by atoms with E-state index in [2.05, 4.69) is 40.0 Å². The van der Waals surface area contributed by atoms with Crippen LogP contribution in [0, 0.1) is 6.92 Å². The minimum absolute atomic E-state index is 0.114. The fourth-order valence-corrected chi connectivity index (χ4v) is 2.46. The van der Waals surface area contributed by atoms with Crippen LogP contribution in [0.25, 0.3) is 0 Å². The van der Waals surface area contributed by atoms with Crippen molar-refractivity contribution in [1.82, 2.24) is 4.98 Å². The molecule has 2 aromatic heterocycles. The van der Waals surface area contributed by atoms with Gasteiger partial charge in [0.25, 0.3) is 0 Å². The highest BCUT2D eigenvalue weighted by Gasteiger charge is 2.11. The predicted octanol–water partition coefficient (Wildman–Crippen LogP) is 3.26. The van der Waals surface area contributed by atoms with Crippen LogP contribution in [0.15, 0.2) is 34.9 Å². The van der Waals surface area contributed by atoms with Crippen molar-refractivity contribution in [1.29, 1.82) is 0 Å². The van der Waals surface area contributed by atoms with Crippen LogP contribution in [0.4, 0.5) is 0 Å². The molecule has 78 valence electrons. The van der Waals surface area contributed by atoms with Crippen molar-refractivity contribution in [2.45, 2.75) is 13.0 Å². The van der Waals surface area contributed by atoms with Crippen molar-refractivity contribution < 1.29 is 0 Å². The van der Waals surface area contributed by atoms with Crippen molar-refractivity contribution in [3.63, 3.8) is 0 Å². The number of aromatic nitrogens is 1. The van der Waals surface area contributed by atoms with Crippen LogP contribution in [-0.4, -0.2) is 4.98 Å². The molecule has 1 unspecified atom stereocenters. The van der Waals surface area contributed by atoms with Crippen LogP contribution >= 0.6 is 27.3 Å². The van der Waals surface area contributed by atoms with Gasteiger partial charge in [0.05, 0.1) is 11.7 Å². The number of hydrogen-bond acceptors (Lipinski definition) is 3. The fraction of sp³-hybridized carbons (Fsp3) is 0.182. The number of halogens is 1. The monoisotopic (exact) mass is 282 g/mol. The molecule has 2 heterocycles. The Hall–Kier alpha value is -0.710. The van der Waals surface area contributed by atoms with E-state index in [1.54, 1.807) is 17.5 Å². The number of rotatable bonds is 2. The van der Waals surface area contributed by atoms with Gasteiger partial charge in [0.2, 0.25) is 0 Å². The van der Waals surface area contributed by atoms with Gasteiger partial charge in [-0.2, -0.15) is 0 Å². The summed E-state index contributed by atoms with van der Waals surface area (Å²) in [5, 5.41) is 0. The highest BCUT2D eigenvalue weighted by Crippen LogP contribution is 2.25. The summed E-state index contributed by atoms with van der Waals surface area (Å²) in [6, 6.07) is 7.94. The molecule has 0 spiro atoms. The van der Waals surface area contributed by atoms with Crippen LogP contribution < -0.4 is 5.73 Å². The van der Waals surface area contributed by atoms with Gasteiger partial charge < -0.3 is 5.73 Å². The Labute approximate surface area is 101 Å². The van der Waals surface area contributed by atoms with Crippen LogP contribution in [0.2, 0.25) is 0 Å². The first-order valence-electron chi connectivity index (χ1n) is 4.60. The van der Waals surface area contributed by atoms with Crippen molar-refractivity contribution in [2.24, 2.45) is 5.73 Å². The van der Waals surface area contributed by atoms with Crippen molar-refractivity contribution in [3.05, 3.63) is 50.4 Å². The summed E-state index contributed by atoms with van der Waals surface area (Å²) in [7, 11) is 0. The quantitative estimate of drug-likeness (QED) is 0.918. The van der Waals surface area contributed by atoms with Gasteiger partial charge >= 0.3 is 0 Å². The molecule has 0 saturated heterocycles. The van der Waals surface area contributed by atoms with E-state index in [1.807, 2.05) is 12.1 Å². The lowest BCUT2D eigenvalue weighted by molar-refractivity contribution is 0.846. The maximum absolute atomic E-state index is 6.11. The fourth-order valence-electron chi connectivity index (χ4n) is 1.34. The molecule has 2 rings (SSSR count). The van der Waals surface area contributed by atoms with Gasteiger partial charge in [-0.05, 0) is 47.1 Å². The van der Waals surface area contributed by atoms with Crippen molar-refractivity contribution >= 4 is 27.3 Å². The normalized spacial score (nSPS) is 12.7. The third-order valence-electron chi connectivity index (χ3n) is 2.14. The van der Waals surface area contributed by atoms with E-state index in [9.17, 15) is 0 Å². The van der Waals surface area contributed by atoms with Gasteiger partial charge in [0, 0.05) is 20.4 Å². The topological polar surface area (TPSA) is 38.9 Å².